The lowest BCUT2D eigenvalue weighted by molar-refractivity contribution is -0.137. The second-order valence-corrected chi connectivity index (χ2v) is 11.7. The summed E-state index contributed by atoms with van der Waals surface area (Å²) < 4.78 is 38.8. The zero-order valence-electron chi connectivity index (χ0n) is 20.3. The number of aliphatic hydroxyl groups excluding tert-OH is 1. The van der Waals surface area contributed by atoms with Gasteiger partial charge < -0.3 is 14.6 Å². The third-order valence-corrected chi connectivity index (χ3v) is 8.42. The minimum atomic E-state index is -3.77. The Morgan fingerprint density at radius 2 is 1.74 bits per heavy atom. The van der Waals surface area contributed by atoms with Crippen LogP contribution >= 0.6 is 15.9 Å². The van der Waals surface area contributed by atoms with E-state index >= 15 is 0 Å². The van der Waals surface area contributed by atoms with Crippen molar-refractivity contribution in [1.29, 1.82) is 0 Å². The summed E-state index contributed by atoms with van der Waals surface area (Å²) in [6, 6.07) is 21.8. The summed E-state index contributed by atoms with van der Waals surface area (Å²) in [6.45, 7) is 0.379. The molecule has 9 nitrogen and oxygen atoms in total. The highest BCUT2D eigenvalue weighted by atomic mass is 79.9. The summed E-state index contributed by atoms with van der Waals surface area (Å²) in [6.07, 6.45) is -0.760. The molecule has 1 heterocycles. The number of rotatable bonds is 11. The van der Waals surface area contributed by atoms with Crippen LogP contribution in [0.3, 0.4) is 0 Å². The first-order valence-corrected chi connectivity index (χ1v) is 14.3. The van der Waals surface area contributed by atoms with E-state index in [4.69, 9.17) is 14.6 Å². The van der Waals surface area contributed by atoms with Crippen LogP contribution in [-0.2, 0) is 19.4 Å². The van der Waals surface area contributed by atoms with Crippen LogP contribution in [-0.4, -0.2) is 55.0 Å². The molecule has 0 aliphatic carbocycles. The van der Waals surface area contributed by atoms with E-state index in [1.807, 2.05) is 0 Å². The molecule has 0 bridgehead atoms. The number of hydroxylamine groups is 1. The lowest BCUT2D eigenvalue weighted by Gasteiger charge is -2.29. The topological polar surface area (TPSA) is 135 Å². The Morgan fingerprint density at radius 3 is 2.37 bits per heavy atom. The van der Waals surface area contributed by atoms with Crippen molar-refractivity contribution in [1.82, 2.24) is 5.48 Å². The third-order valence-electron chi connectivity index (χ3n) is 6.16. The fourth-order valence-corrected chi connectivity index (χ4v) is 5.79. The van der Waals surface area contributed by atoms with Crippen LogP contribution in [0, 0.1) is 0 Å². The van der Waals surface area contributed by atoms with E-state index in [0.29, 0.717) is 29.9 Å². The largest absolute Gasteiger partial charge is 0.494 e. The number of aliphatic imine (C=N–C) groups is 1. The van der Waals surface area contributed by atoms with Gasteiger partial charge in [0.05, 0.1) is 17.3 Å². The van der Waals surface area contributed by atoms with E-state index in [-0.39, 0.29) is 23.8 Å². The summed E-state index contributed by atoms with van der Waals surface area (Å²) in [5.74, 6) is -0.582. The molecule has 0 saturated heterocycles. The molecule has 1 aliphatic heterocycles. The number of carbonyl (C=O) groups is 1. The van der Waals surface area contributed by atoms with Gasteiger partial charge in [-0.1, -0.05) is 46.3 Å². The van der Waals surface area contributed by atoms with Crippen molar-refractivity contribution in [3.63, 3.8) is 0 Å². The number of nitrogens with zero attached hydrogens (tertiary/aromatic N) is 1. The van der Waals surface area contributed by atoms with Crippen LogP contribution in [0.2, 0.25) is 0 Å². The normalized spacial score (nSPS) is 18.9. The van der Waals surface area contributed by atoms with Crippen LogP contribution < -0.4 is 10.2 Å². The number of hydrogen-bond acceptors (Lipinski definition) is 8. The highest BCUT2D eigenvalue weighted by Crippen LogP contribution is 2.43. The van der Waals surface area contributed by atoms with Crippen molar-refractivity contribution in [3.05, 3.63) is 94.5 Å². The summed E-state index contributed by atoms with van der Waals surface area (Å²) in [7, 11) is -3.77. The van der Waals surface area contributed by atoms with Crippen molar-refractivity contribution in [3.8, 4) is 5.75 Å². The molecule has 3 aromatic carbocycles. The van der Waals surface area contributed by atoms with E-state index < -0.39 is 33.1 Å². The molecule has 3 N–H and O–H groups in total. The van der Waals surface area contributed by atoms with Crippen molar-refractivity contribution in [2.24, 2.45) is 4.99 Å². The maximum Gasteiger partial charge on any atom is 0.275 e. The third kappa shape index (κ3) is 6.07. The van der Waals surface area contributed by atoms with Crippen molar-refractivity contribution < 1.29 is 33.0 Å². The molecule has 200 valence electrons. The molecule has 38 heavy (non-hydrogen) atoms. The Morgan fingerprint density at radius 1 is 1.05 bits per heavy atom. The predicted octanol–water partition coefficient (Wildman–Crippen LogP) is 3.84. The van der Waals surface area contributed by atoms with Gasteiger partial charge in [0, 0.05) is 29.5 Å². The van der Waals surface area contributed by atoms with Crippen LogP contribution in [0.4, 0.5) is 0 Å². The lowest BCUT2D eigenvalue weighted by atomic mass is 9.85. The molecular weight excluding hydrogens is 576 g/mol. The zero-order valence-corrected chi connectivity index (χ0v) is 22.7. The molecule has 1 amide bonds. The second-order valence-electron chi connectivity index (χ2n) is 8.66. The second kappa shape index (κ2) is 12.1. The van der Waals surface area contributed by atoms with Crippen molar-refractivity contribution in [2.75, 3.05) is 19.0 Å². The number of carbonyl (C=O) groups excluding carboxylic acids is 1. The fourth-order valence-electron chi connectivity index (χ4n) is 4.14. The number of nitrogens with one attached hydrogen (secondary N) is 1. The fraction of sp³-hybridized carbons (Fsp3) is 0.259. The predicted molar refractivity (Wildman–Crippen MR) is 144 cm³/mol. The highest BCUT2D eigenvalue weighted by Gasteiger charge is 2.53. The van der Waals surface area contributed by atoms with E-state index in [2.05, 4.69) is 20.9 Å². The standard InChI is InChI=1S/C27H27BrN2O7S/c28-21-11-7-19(8-12-21)24-27(26(32)30-33,15-18-38(34,35)23-5-2-1-3-6-23)29-25(37-24)20-9-13-22(14-10-20)36-17-4-16-31/h1-3,5-14,24,31,33H,4,15-18H2,(H,30,32)/t24-,27-/m0/s1. The van der Waals surface area contributed by atoms with Gasteiger partial charge in [0.2, 0.25) is 5.90 Å². The first-order chi connectivity index (χ1) is 18.3. The smallest absolute Gasteiger partial charge is 0.275 e. The number of ether oxygens (including phenoxy) is 2. The molecule has 11 heteroatoms. The summed E-state index contributed by atoms with van der Waals surface area (Å²) in [5, 5.41) is 18.6. The number of hydrogen-bond donors (Lipinski definition) is 3. The van der Waals surface area contributed by atoms with Crippen LogP contribution in [0.5, 0.6) is 5.75 Å². The molecule has 0 spiro atoms. The molecule has 0 unspecified atom stereocenters. The van der Waals surface area contributed by atoms with Gasteiger partial charge in [-0.25, -0.2) is 18.9 Å². The first-order valence-electron chi connectivity index (χ1n) is 11.9. The Hall–Kier alpha value is -3.25. The van der Waals surface area contributed by atoms with Gasteiger partial charge in [0.1, 0.15) is 5.75 Å². The van der Waals surface area contributed by atoms with Gasteiger partial charge in [-0.2, -0.15) is 0 Å². The van der Waals surface area contributed by atoms with Gasteiger partial charge in [-0.15, -0.1) is 0 Å². The lowest BCUT2D eigenvalue weighted by Crippen LogP contribution is -2.48. The van der Waals surface area contributed by atoms with Gasteiger partial charge in [-0.05, 0) is 54.1 Å². The van der Waals surface area contributed by atoms with Gasteiger partial charge in [-0.3, -0.25) is 10.0 Å². The van der Waals surface area contributed by atoms with E-state index in [9.17, 15) is 18.4 Å². The molecule has 1 aliphatic rings. The molecular formula is C27H27BrN2O7S. The molecule has 4 rings (SSSR count). The minimum absolute atomic E-state index is 0.0230. The van der Waals surface area contributed by atoms with E-state index in [1.54, 1.807) is 72.2 Å². The summed E-state index contributed by atoms with van der Waals surface area (Å²) in [5.41, 5.74) is 1.03. The van der Waals surface area contributed by atoms with E-state index in [0.717, 1.165) is 4.47 Å². The van der Waals surface area contributed by atoms with Crippen LogP contribution in [0.25, 0.3) is 0 Å². The van der Waals surface area contributed by atoms with Crippen LogP contribution in [0.1, 0.15) is 30.1 Å². The molecule has 2 atom stereocenters. The average Bonchev–Trinajstić information content (AvgIpc) is 3.34. The Kier molecular flexibility index (Phi) is 8.83. The number of halogens is 1. The molecule has 0 saturated carbocycles. The SMILES string of the molecule is O=C(NO)[C@@]1(CCS(=O)(=O)c2ccccc2)N=C(c2ccc(OCCCO)cc2)O[C@H]1c1ccc(Br)cc1. The number of amides is 1. The van der Waals surface area contributed by atoms with Gasteiger partial charge in [0.15, 0.2) is 21.5 Å². The van der Waals surface area contributed by atoms with Crippen molar-refractivity contribution >= 4 is 37.6 Å². The summed E-state index contributed by atoms with van der Waals surface area (Å²) >= 11 is 3.39. The average molecular weight is 603 g/mol. The quantitative estimate of drug-likeness (QED) is 0.172. The molecule has 3 aromatic rings. The Balaban J connectivity index is 1.72. The van der Waals surface area contributed by atoms with Gasteiger partial charge >= 0.3 is 0 Å². The number of sulfone groups is 1. The minimum Gasteiger partial charge on any atom is -0.494 e. The Bertz CT molecular complexity index is 1380. The molecule has 0 aromatic heterocycles. The number of benzene rings is 3. The number of aliphatic hydroxyl groups is 1. The van der Waals surface area contributed by atoms with Crippen molar-refractivity contribution in [2.45, 2.75) is 29.4 Å². The maximum atomic E-state index is 13.2. The Labute approximate surface area is 229 Å². The zero-order chi connectivity index (χ0) is 27.2. The van der Waals surface area contributed by atoms with E-state index in [1.165, 1.54) is 12.1 Å². The van der Waals surface area contributed by atoms with Crippen LogP contribution in [0.15, 0.2) is 93.2 Å². The maximum absolute atomic E-state index is 13.2. The molecule has 0 fully saturated rings. The highest BCUT2D eigenvalue weighted by molar-refractivity contribution is 9.10. The molecule has 0 radical (unpaired) electrons. The van der Waals surface area contributed by atoms with Gasteiger partial charge in [0.25, 0.3) is 5.91 Å². The first kappa shape index (κ1) is 27.8. The monoisotopic (exact) mass is 602 g/mol. The summed E-state index contributed by atoms with van der Waals surface area (Å²) in [4.78, 5) is 18.0.